The number of hydrogen-bond donors (Lipinski definition) is 0. The maximum Gasteiger partial charge on any atom is 0.109 e. The summed E-state index contributed by atoms with van der Waals surface area (Å²) >= 11 is 1.38. The number of fused-ring (bicyclic) bond motifs is 1. The molecule has 4 heteroatoms. The van der Waals surface area contributed by atoms with E-state index in [-0.39, 0.29) is 0 Å². The van der Waals surface area contributed by atoms with Gasteiger partial charge < -0.3 is 0 Å². The van der Waals surface area contributed by atoms with Crippen LogP contribution in [0.25, 0.3) is 10.2 Å². The molecule has 0 atom stereocenters. The molecule has 0 saturated carbocycles. The van der Waals surface area contributed by atoms with Crippen molar-refractivity contribution in [3.8, 4) is 0 Å². The van der Waals surface area contributed by atoms with E-state index in [1.165, 1.54) is 11.5 Å². The van der Waals surface area contributed by atoms with E-state index in [2.05, 4.69) is 28.4 Å². The van der Waals surface area contributed by atoms with Crippen molar-refractivity contribution in [1.82, 2.24) is 14.6 Å². The second kappa shape index (κ2) is 2.79. The first-order valence-corrected chi connectivity index (χ1v) is 4.62. The van der Waals surface area contributed by atoms with E-state index in [0.717, 1.165) is 15.9 Å². The van der Waals surface area contributed by atoms with Crippen LogP contribution in [-0.2, 0) is 0 Å². The van der Waals surface area contributed by atoms with Gasteiger partial charge in [0.2, 0.25) is 0 Å². The Morgan fingerprint density at radius 2 is 2.25 bits per heavy atom. The summed E-state index contributed by atoms with van der Waals surface area (Å²) in [6.45, 7) is 4.24. The Morgan fingerprint density at radius 1 is 1.42 bits per heavy atom. The number of rotatable bonds is 1. The average Bonchev–Trinajstić information content (AvgIpc) is 2.49. The molecule has 0 fully saturated rings. The van der Waals surface area contributed by atoms with Crippen molar-refractivity contribution in [2.45, 2.75) is 19.8 Å². The van der Waals surface area contributed by atoms with Crippen molar-refractivity contribution in [3.05, 3.63) is 18.0 Å². The van der Waals surface area contributed by atoms with Gasteiger partial charge in [-0.3, -0.25) is 4.98 Å². The highest BCUT2D eigenvalue weighted by molar-refractivity contribution is 7.12. The molecule has 2 aromatic heterocycles. The molecule has 0 aliphatic carbocycles. The van der Waals surface area contributed by atoms with Gasteiger partial charge in [-0.05, 0) is 23.5 Å². The van der Waals surface area contributed by atoms with E-state index in [4.69, 9.17) is 0 Å². The van der Waals surface area contributed by atoms with Crippen molar-refractivity contribution < 1.29 is 0 Å². The Morgan fingerprint density at radius 3 is 3.00 bits per heavy atom. The predicted molar refractivity (Wildman–Crippen MR) is 49.3 cm³/mol. The van der Waals surface area contributed by atoms with E-state index in [1.54, 1.807) is 0 Å². The van der Waals surface area contributed by atoms with Crippen LogP contribution in [0.2, 0.25) is 0 Å². The van der Waals surface area contributed by atoms with Gasteiger partial charge in [0, 0.05) is 11.9 Å². The van der Waals surface area contributed by atoms with Crippen LogP contribution in [0.3, 0.4) is 0 Å². The molecular formula is C8H9N3S. The fourth-order valence-electron chi connectivity index (χ4n) is 1.02. The third-order valence-corrected chi connectivity index (χ3v) is 2.42. The summed E-state index contributed by atoms with van der Waals surface area (Å²) < 4.78 is 4.91. The molecule has 62 valence electrons. The minimum atomic E-state index is 0.455. The average molecular weight is 179 g/mol. The second-order valence-corrected chi connectivity index (χ2v) is 3.79. The van der Waals surface area contributed by atoms with E-state index >= 15 is 0 Å². The number of hydrogen-bond acceptors (Lipinski definition) is 4. The molecule has 2 aromatic rings. The molecule has 0 amide bonds. The Hall–Kier alpha value is -1.03. The number of pyridine rings is 1. The highest BCUT2D eigenvalue weighted by atomic mass is 32.1. The SMILES string of the molecule is CC(C)c1cc2nnsc2cn1. The summed E-state index contributed by atoms with van der Waals surface area (Å²) in [6, 6.07) is 2.00. The van der Waals surface area contributed by atoms with Crippen LogP contribution in [-0.4, -0.2) is 14.6 Å². The van der Waals surface area contributed by atoms with Gasteiger partial charge in [0.05, 0.1) is 4.70 Å². The van der Waals surface area contributed by atoms with Gasteiger partial charge in [-0.25, -0.2) is 0 Å². The lowest BCUT2D eigenvalue weighted by molar-refractivity contribution is 0.826. The van der Waals surface area contributed by atoms with E-state index in [9.17, 15) is 0 Å². The molecule has 0 radical (unpaired) electrons. The van der Waals surface area contributed by atoms with Crippen LogP contribution < -0.4 is 0 Å². The fourth-order valence-corrected chi connectivity index (χ4v) is 1.53. The lowest BCUT2D eigenvalue weighted by Crippen LogP contribution is -1.90. The van der Waals surface area contributed by atoms with Gasteiger partial charge >= 0.3 is 0 Å². The summed E-state index contributed by atoms with van der Waals surface area (Å²) in [6.07, 6.45) is 1.84. The zero-order valence-corrected chi connectivity index (χ0v) is 7.80. The van der Waals surface area contributed by atoms with Crippen LogP contribution in [0.4, 0.5) is 0 Å². The van der Waals surface area contributed by atoms with Crippen molar-refractivity contribution in [3.63, 3.8) is 0 Å². The summed E-state index contributed by atoms with van der Waals surface area (Å²) in [5.41, 5.74) is 2.04. The van der Waals surface area contributed by atoms with E-state index in [1.807, 2.05) is 12.3 Å². The minimum Gasteiger partial charge on any atom is -0.259 e. The molecule has 12 heavy (non-hydrogen) atoms. The molecule has 2 heterocycles. The first kappa shape index (κ1) is 7.61. The van der Waals surface area contributed by atoms with Crippen LogP contribution >= 0.6 is 11.5 Å². The van der Waals surface area contributed by atoms with Crippen molar-refractivity contribution in [2.75, 3.05) is 0 Å². The maximum atomic E-state index is 4.31. The summed E-state index contributed by atoms with van der Waals surface area (Å²) in [4.78, 5) is 4.31. The van der Waals surface area contributed by atoms with E-state index < -0.39 is 0 Å². The van der Waals surface area contributed by atoms with E-state index in [0.29, 0.717) is 5.92 Å². The first-order chi connectivity index (χ1) is 5.77. The number of nitrogens with zero attached hydrogens (tertiary/aromatic N) is 3. The Balaban J connectivity index is 2.60. The van der Waals surface area contributed by atoms with Gasteiger partial charge in [0.15, 0.2) is 0 Å². The molecule has 0 aromatic carbocycles. The monoisotopic (exact) mass is 179 g/mol. The highest BCUT2D eigenvalue weighted by Crippen LogP contribution is 2.18. The number of aromatic nitrogens is 3. The minimum absolute atomic E-state index is 0.455. The van der Waals surface area contributed by atoms with Gasteiger partial charge in [0.1, 0.15) is 5.52 Å². The standard InChI is InChI=1S/C8H9N3S/c1-5(2)6-3-7-8(4-9-6)12-11-10-7/h3-5H,1-2H3. The van der Waals surface area contributed by atoms with Crippen LogP contribution in [0, 0.1) is 0 Å². The molecule has 0 unspecified atom stereocenters. The largest absolute Gasteiger partial charge is 0.259 e. The summed E-state index contributed by atoms with van der Waals surface area (Å²) in [5, 5.41) is 3.99. The Kier molecular flexibility index (Phi) is 1.77. The van der Waals surface area contributed by atoms with Gasteiger partial charge in [-0.2, -0.15) is 0 Å². The molecule has 0 aliphatic heterocycles. The molecule has 0 bridgehead atoms. The smallest absolute Gasteiger partial charge is 0.109 e. The van der Waals surface area contributed by atoms with Gasteiger partial charge in [0.25, 0.3) is 0 Å². The summed E-state index contributed by atoms with van der Waals surface area (Å²) in [5.74, 6) is 0.455. The lowest BCUT2D eigenvalue weighted by atomic mass is 10.1. The zero-order valence-electron chi connectivity index (χ0n) is 6.98. The molecule has 0 aliphatic rings. The Bertz CT molecular complexity index is 394. The fraction of sp³-hybridized carbons (Fsp3) is 0.375. The maximum absolute atomic E-state index is 4.31. The quantitative estimate of drug-likeness (QED) is 0.673. The van der Waals surface area contributed by atoms with Crippen molar-refractivity contribution in [2.24, 2.45) is 0 Å². The zero-order chi connectivity index (χ0) is 8.55. The normalized spacial score (nSPS) is 11.2. The van der Waals surface area contributed by atoms with Gasteiger partial charge in [-0.1, -0.05) is 18.3 Å². The molecule has 0 saturated heterocycles. The Labute approximate surface area is 74.6 Å². The highest BCUT2D eigenvalue weighted by Gasteiger charge is 2.03. The topological polar surface area (TPSA) is 38.7 Å². The molecule has 0 N–H and O–H groups in total. The molecule has 3 nitrogen and oxygen atoms in total. The van der Waals surface area contributed by atoms with Crippen LogP contribution in [0.15, 0.2) is 12.3 Å². The molecule has 2 rings (SSSR count). The van der Waals surface area contributed by atoms with Crippen LogP contribution in [0.5, 0.6) is 0 Å². The first-order valence-electron chi connectivity index (χ1n) is 3.85. The molecule has 0 spiro atoms. The van der Waals surface area contributed by atoms with Gasteiger partial charge in [-0.15, -0.1) is 5.10 Å². The molecular weight excluding hydrogens is 170 g/mol. The second-order valence-electron chi connectivity index (χ2n) is 3.00. The van der Waals surface area contributed by atoms with Crippen LogP contribution in [0.1, 0.15) is 25.5 Å². The summed E-state index contributed by atoms with van der Waals surface area (Å²) in [7, 11) is 0. The van der Waals surface area contributed by atoms with Crippen molar-refractivity contribution >= 4 is 21.7 Å². The third-order valence-electron chi connectivity index (χ3n) is 1.75. The predicted octanol–water partition coefficient (Wildman–Crippen LogP) is 2.21. The van der Waals surface area contributed by atoms with Crippen molar-refractivity contribution in [1.29, 1.82) is 0 Å². The third kappa shape index (κ3) is 1.18. The lowest BCUT2D eigenvalue weighted by Gasteiger charge is -2.01.